The van der Waals surface area contributed by atoms with Crippen molar-refractivity contribution in [2.75, 3.05) is 13.2 Å². The third kappa shape index (κ3) is 4.07. The third-order valence-electron chi connectivity index (χ3n) is 1.87. The molecule has 0 saturated heterocycles. The summed E-state index contributed by atoms with van der Waals surface area (Å²) in [6.07, 6.45) is 0. The Hall–Kier alpha value is -1.55. The number of benzene rings is 1. The molecule has 0 fully saturated rings. The fourth-order valence-electron chi connectivity index (χ4n) is 1.14. The van der Waals surface area contributed by atoms with Crippen molar-refractivity contribution in [3.05, 3.63) is 34.9 Å². The van der Waals surface area contributed by atoms with Crippen molar-refractivity contribution < 1.29 is 14.4 Å². The minimum Gasteiger partial charge on any atom is -0.461 e. The van der Waals surface area contributed by atoms with E-state index in [2.05, 4.69) is 5.16 Å². The van der Waals surface area contributed by atoms with Crippen molar-refractivity contribution in [3.8, 4) is 0 Å². The third-order valence-corrected chi connectivity index (χ3v) is 2.12. The smallest absolute Gasteiger partial charge is 0.361 e. The van der Waals surface area contributed by atoms with Crippen LogP contribution in [-0.2, 0) is 14.4 Å². The summed E-state index contributed by atoms with van der Waals surface area (Å²) >= 11 is 5.77. The minimum absolute atomic E-state index is 0.144. The molecule has 0 saturated carbocycles. The summed E-state index contributed by atoms with van der Waals surface area (Å²) in [6.45, 7) is 4.19. The molecule has 0 atom stereocenters. The Labute approximate surface area is 105 Å². The van der Waals surface area contributed by atoms with Crippen LogP contribution in [0.5, 0.6) is 0 Å². The van der Waals surface area contributed by atoms with E-state index >= 15 is 0 Å². The number of rotatable bonds is 5. The number of halogens is 1. The molecule has 0 unspecified atom stereocenters. The molecular formula is C12H14ClNO3. The lowest BCUT2D eigenvalue weighted by Gasteiger charge is -2.05. The van der Waals surface area contributed by atoms with E-state index in [1.54, 1.807) is 38.1 Å². The van der Waals surface area contributed by atoms with Gasteiger partial charge in [-0.05, 0) is 26.0 Å². The molecule has 0 aliphatic heterocycles. The van der Waals surface area contributed by atoms with Gasteiger partial charge in [0.15, 0.2) is 5.71 Å². The summed E-state index contributed by atoms with van der Waals surface area (Å²) in [5.74, 6) is -0.511. The molecule has 17 heavy (non-hydrogen) atoms. The Morgan fingerprint density at radius 2 is 1.88 bits per heavy atom. The molecule has 0 spiro atoms. The molecule has 0 aliphatic rings. The van der Waals surface area contributed by atoms with Crippen molar-refractivity contribution in [1.82, 2.24) is 0 Å². The van der Waals surface area contributed by atoms with E-state index < -0.39 is 5.97 Å². The summed E-state index contributed by atoms with van der Waals surface area (Å²) < 4.78 is 4.90. The molecule has 1 aromatic carbocycles. The Bertz CT molecular complexity index is 401. The van der Waals surface area contributed by atoms with E-state index in [0.717, 1.165) is 0 Å². The SMILES string of the molecule is CCON=C(C(=O)OCC)c1ccc(Cl)cc1. The molecule has 4 nitrogen and oxygen atoms in total. The van der Waals surface area contributed by atoms with Crippen molar-refractivity contribution in [3.63, 3.8) is 0 Å². The number of oxime groups is 1. The molecule has 5 heteroatoms. The van der Waals surface area contributed by atoms with Crippen molar-refractivity contribution in [2.24, 2.45) is 5.16 Å². The van der Waals surface area contributed by atoms with Gasteiger partial charge < -0.3 is 9.57 Å². The highest BCUT2D eigenvalue weighted by molar-refractivity contribution is 6.43. The van der Waals surface area contributed by atoms with E-state index in [0.29, 0.717) is 17.2 Å². The second-order valence-electron chi connectivity index (χ2n) is 3.09. The molecule has 0 bridgehead atoms. The van der Waals surface area contributed by atoms with E-state index in [-0.39, 0.29) is 12.3 Å². The van der Waals surface area contributed by atoms with Crippen LogP contribution < -0.4 is 0 Å². The van der Waals surface area contributed by atoms with E-state index in [4.69, 9.17) is 21.2 Å². The first-order chi connectivity index (χ1) is 8.19. The zero-order valence-electron chi connectivity index (χ0n) is 9.77. The average Bonchev–Trinajstić information content (AvgIpc) is 2.32. The monoisotopic (exact) mass is 255 g/mol. The molecule has 92 valence electrons. The Kier molecular flexibility index (Phi) is 5.49. The maximum absolute atomic E-state index is 11.7. The van der Waals surface area contributed by atoms with Crippen LogP contribution in [-0.4, -0.2) is 24.9 Å². The molecule has 0 amide bonds. The molecule has 0 heterocycles. The van der Waals surface area contributed by atoms with Crippen LogP contribution >= 0.6 is 11.6 Å². The average molecular weight is 256 g/mol. The molecule has 1 aromatic rings. The summed E-state index contributed by atoms with van der Waals surface area (Å²) in [6, 6.07) is 6.74. The van der Waals surface area contributed by atoms with Gasteiger partial charge in [0.05, 0.1) is 6.61 Å². The summed E-state index contributed by atoms with van der Waals surface area (Å²) in [4.78, 5) is 16.6. The van der Waals surface area contributed by atoms with Gasteiger partial charge in [0, 0.05) is 10.6 Å². The number of carbonyl (C=O) groups excluding carboxylic acids is 1. The maximum Gasteiger partial charge on any atom is 0.361 e. The molecule has 0 N–H and O–H groups in total. The van der Waals surface area contributed by atoms with Gasteiger partial charge in [-0.1, -0.05) is 28.9 Å². The predicted molar refractivity (Wildman–Crippen MR) is 66.2 cm³/mol. The summed E-state index contributed by atoms with van der Waals surface area (Å²) in [5.41, 5.74) is 0.756. The minimum atomic E-state index is -0.511. The standard InChI is InChI=1S/C12H14ClNO3/c1-3-16-12(15)11(14-17-4-2)9-5-7-10(13)8-6-9/h5-8H,3-4H2,1-2H3. The van der Waals surface area contributed by atoms with Crippen LogP contribution in [0, 0.1) is 0 Å². The Balaban J connectivity index is 2.97. The zero-order chi connectivity index (χ0) is 12.7. The van der Waals surface area contributed by atoms with Gasteiger partial charge in [-0.3, -0.25) is 0 Å². The second-order valence-corrected chi connectivity index (χ2v) is 3.52. The van der Waals surface area contributed by atoms with E-state index in [1.165, 1.54) is 0 Å². The van der Waals surface area contributed by atoms with Gasteiger partial charge in [0.2, 0.25) is 0 Å². The van der Waals surface area contributed by atoms with Crippen LogP contribution in [0.4, 0.5) is 0 Å². The normalized spacial score (nSPS) is 11.1. The van der Waals surface area contributed by atoms with Gasteiger partial charge in [-0.25, -0.2) is 4.79 Å². The first kappa shape index (κ1) is 13.5. The first-order valence-corrected chi connectivity index (χ1v) is 5.69. The first-order valence-electron chi connectivity index (χ1n) is 5.32. The lowest BCUT2D eigenvalue weighted by Crippen LogP contribution is -2.19. The second kappa shape index (κ2) is 6.91. The van der Waals surface area contributed by atoms with Crippen molar-refractivity contribution >= 4 is 23.3 Å². The van der Waals surface area contributed by atoms with E-state index in [9.17, 15) is 4.79 Å². The van der Waals surface area contributed by atoms with Crippen LogP contribution in [0.1, 0.15) is 19.4 Å². The van der Waals surface area contributed by atoms with Crippen LogP contribution in [0.2, 0.25) is 5.02 Å². The van der Waals surface area contributed by atoms with Gasteiger partial charge in [0.25, 0.3) is 0 Å². The number of ether oxygens (including phenoxy) is 1. The zero-order valence-corrected chi connectivity index (χ0v) is 10.5. The molecule has 0 aromatic heterocycles. The molecule has 1 rings (SSSR count). The highest BCUT2D eigenvalue weighted by atomic mass is 35.5. The Morgan fingerprint density at radius 3 is 2.41 bits per heavy atom. The van der Waals surface area contributed by atoms with E-state index in [1.807, 2.05) is 0 Å². The number of hydrogen-bond acceptors (Lipinski definition) is 4. The van der Waals surface area contributed by atoms with Gasteiger partial charge in [-0.2, -0.15) is 0 Å². The molecule has 0 aliphatic carbocycles. The maximum atomic E-state index is 11.7. The summed E-state index contributed by atoms with van der Waals surface area (Å²) in [5, 5.41) is 4.35. The number of esters is 1. The quantitative estimate of drug-likeness (QED) is 0.462. The molecule has 0 radical (unpaired) electrons. The van der Waals surface area contributed by atoms with Crippen molar-refractivity contribution in [2.45, 2.75) is 13.8 Å². The van der Waals surface area contributed by atoms with Crippen molar-refractivity contribution in [1.29, 1.82) is 0 Å². The predicted octanol–water partition coefficient (Wildman–Crippen LogP) is 2.64. The van der Waals surface area contributed by atoms with Gasteiger partial charge >= 0.3 is 5.97 Å². The largest absolute Gasteiger partial charge is 0.461 e. The number of hydrogen-bond donors (Lipinski definition) is 0. The highest BCUT2D eigenvalue weighted by Crippen LogP contribution is 2.11. The highest BCUT2D eigenvalue weighted by Gasteiger charge is 2.16. The fourth-order valence-corrected chi connectivity index (χ4v) is 1.27. The molecular weight excluding hydrogens is 242 g/mol. The number of nitrogens with zero attached hydrogens (tertiary/aromatic N) is 1. The van der Waals surface area contributed by atoms with Gasteiger partial charge in [-0.15, -0.1) is 0 Å². The summed E-state index contributed by atoms with van der Waals surface area (Å²) in [7, 11) is 0. The van der Waals surface area contributed by atoms with Crippen LogP contribution in [0.3, 0.4) is 0 Å². The number of carbonyl (C=O) groups is 1. The topological polar surface area (TPSA) is 47.9 Å². The fraction of sp³-hybridized carbons (Fsp3) is 0.333. The van der Waals surface area contributed by atoms with Crippen LogP contribution in [0.25, 0.3) is 0 Å². The lowest BCUT2D eigenvalue weighted by atomic mass is 10.1. The lowest BCUT2D eigenvalue weighted by molar-refractivity contribution is -0.135. The van der Waals surface area contributed by atoms with Crippen LogP contribution in [0.15, 0.2) is 29.4 Å². The Morgan fingerprint density at radius 1 is 1.24 bits per heavy atom. The van der Waals surface area contributed by atoms with Gasteiger partial charge in [0.1, 0.15) is 6.61 Å².